The molecule has 1 aliphatic heterocycles. The molecule has 0 bridgehead atoms. The standard InChI is InChI=1S/C16H22FNO5S/c1-2-22-16(11-3-4-11)10-24(20,21)18-8-13(9-19)23-15-7-12(17)5-6-14(15)18/h5-7,11,13,16,19H,2-4,8-10H2,1H3. The number of anilines is 1. The molecule has 0 amide bonds. The number of fused-ring (bicyclic) bond motifs is 1. The van der Waals surface area contributed by atoms with Crippen LogP contribution in [0.25, 0.3) is 0 Å². The predicted octanol–water partition coefficient (Wildman–Crippen LogP) is 1.53. The number of aliphatic hydroxyl groups excluding tert-OH is 1. The van der Waals surface area contributed by atoms with Crippen LogP contribution in [0, 0.1) is 11.7 Å². The van der Waals surface area contributed by atoms with Crippen LogP contribution in [-0.2, 0) is 14.8 Å². The molecule has 1 heterocycles. The third-order valence-corrected chi connectivity index (χ3v) is 6.06. The summed E-state index contributed by atoms with van der Waals surface area (Å²) in [6, 6.07) is 3.73. The number of sulfonamides is 1. The molecule has 1 aromatic rings. The molecule has 2 aliphatic rings. The number of aliphatic hydroxyl groups is 1. The van der Waals surface area contributed by atoms with Gasteiger partial charge in [-0.2, -0.15) is 0 Å². The van der Waals surface area contributed by atoms with Crippen molar-refractivity contribution >= 4 is 15.7 Å². The van der Waals surface area contributed by atoms with E-state index < -0.39 is 21.9 Å². The van der Waals surface area contributed by atoms with E-state index in [1.54, 1.807) is 0 Å². The van der Waals surface area contributed by atoms with E-state index in [0.29, 0.717) is 12.3 Å². The molecular formula is C16H22FNO5S. The lowest BCUT2D eigenvalue weighted by Crippen LogP contribution is -2.47. The van der Waals surface area contributed by atoms with Crippen LogP contribution in [0.3, 0.4) is 0 Å². The van der Waals surface area contributed by atoms with Gasteiger partial charge in [0.1, 0.15) is 17.7 Å². The van der Waals surface area contributed by atoms with E-state index in [1.807, 2.05) is 6.92 Å². The van der Waals surface area contributed by atoms with Crippen LogP contribution >= 0.6 is 0 Å². The minimum atomic E-state index is -3.68. The lowest BCUT2D eigenvalue weighted by atomic mass is 10.2. The Morgan fingerprint density at radius 3 is 2.83 bits per heavy atom. The summed E-state index contributed by atoms with van der Waals surface area (Å²) in [5.74, 6) is -0.235. The van der Waals surface area contributed by atoms with Gasteiger partial charge in [-0.25, -0.2) is 12.8 Å². The Balaban J connectivity index is 1.88. The molecule has 0 aromatic heterocycles. The van der Waals surface area contributed by atoms with Gasteiger partial charge in [0, 0.05) is 12.7 Å². The number of benzene rings is 1. The highest BCUT2D eigenvalue weighted by Gasteiger charge is 2.39. The molecule has 1 aliphatic carbocycles. The van der Waals surface area contributed by atoms with E-state index in [-0.39, 0.29) is 36.7 Å². The Hall–Kier alpha value is -1.38. The van der Waals surface area contributed by atoms with Crippen LogP contribution in [0.1, 0.15) is 19.8 Å². The number of hydrogen-bond acceptors (Lipinski definition) is 5. The molecule has 2 atom stereocenters. The van der Waals surface area contributed by atoms with E-state index in [4.69, 9.17) is 9.47 Å². The molecule has 0 radical (unpaired) electrons. The molecule has 1 fully saturated rings. The van der Waals surface area contributed by atoms with Crippen molar-refractivity contribution < 1.29 is 27.4 Å². The van der Waals surface area contributed by atoms with E-state index >= 15 is 0 Å². The molecule has 1 aromatic carbocycles. The van der Waals surface area contributed by atoms with Gasteiger partial charge in [0.05, 0.1) is 30.7 Å². The molecule has 6 nitrogen and oxygen atoms in total. The highest BCUT2D eigenvalue weighted by atomic mass is 32.2. The highest BCUT2D eigenvalue weighted by molar-refractivity contribution is 7.92. The van der Waals surface area contributed by atoms with Crippen LogP contribution in [0.4, 0.5) is 10.1 Å². The summed E-state index contributed by atoms with van der Waals surface area (Å²) < 4.78 is 51.6. The lowest BCUT2D eigenvalue weighted by Gasteiger charge is -2.35. The average molecular weight is 359 g/mol. The van der Waals surface area contributed by atoms with Crippen molar-refractivity contribution in [3.63, 3.8) is 0 Å². The van der Waals surface area contributed by atoms with Gasteiger partial charge < -0.3 is 14.6 Å². The summed E-state index contributed by atoms with van der Waals surface area (Å²) in [5, 5.41) is 9.37. The monoisotopic (exact) mass is 359 g/mol. The van der Waals surface area contributed by atoms with Gasteiger partial charge in [0.2, 0.25) is 10.0 Å². The van der Waals surface area contributed by atoms with Crippen molar-refractivity contribution in [2.75, 3.05) is 29.8 Å². The smallest absolute Gasteiger partial charge is 0.237 e. The first-order valence-corrected chi connectivity index (χ1v) is 9.74. The van der Waals surface area contributed by atoms with Crippen LogP contribution in [0.2, 0.25) is 0 Å². The predicted molar refractivity (Wildman–Crippen MR) is 87.2 cm³/mol. The SMILES string of the molecule is CCOC(CS(=O)(=O)N1CC(CO)Oc2cc(F)ccc21)C1CC1. The van der Waals surface area contributed by atoms with E-state index in [1.165, 1.54) is 16.4 Å². The molecule has 1 N–H and O–H groups in total. The van der Waals surface area contributed by atoms with Gasteiger partial charge in [-0.3, -0.25) is 4.31 Å². The van der Waals surface area contributed by atoms with Gasteiger partial charge in [-0.05, 0) is 37.8 Å². The van der Waals surface area contributed by atoms with Gasteiger partial charge in [0.15, 0.2) is 0 Å². The Morgan fingerprint density at radius 1 is 1.46 bits per heavy atom. The molecule has 3 rings (SSSR count). The zero-order valence-corrected chi connectivity index (χ0v) is 14.3. The third-order valence-electron chi connectivity index (χ3n) is 4.30. The minimum absolute atomic E-state index is 0.000970. The fourth-order valence-electron chi connectivity index (χ4n) is 2.95. The number of rotatable bonds is 7. The molecule has 0 spiro atoms. The van der Waals surface area contributed by atoms with Crippen molar-refractivity contribution in [2.24, 2.45) is 5.92 Å². The highest BCUT2D eigenvalue weighted by Crippen LogP contribution is 2.38. The Kier molecular flexibility index (Phi) is 4.98. The van der Waals surface area contributed by atoms with Crippen LogP contribution in [0.5, 0.6) is 5.75 Å². The second-order valence-corrected chi connectivity index (χ2v) is 8.11. The van der Waals surface area contributed by atoms with Crippen molar-refractivity contribution in [3.8, 4) is 5.75 Å². The van der Waals surface area contributed by atoms with Crippen LogP contribution in [-0.4, -0.2) is 51.2 Å². The Bertz CT molecular complexity index is 692. The summed E-state index contributed by atoms with van der Waals surface area (Å²) in [4.78, 5) is 0. The van der Waals surface area contributed by atoms with Gasteiger partial charge in [0.25, 0.3) is 0 Å². The fraction of sp³-hybridized carbons (Fsp3) is 0.625. The number of nitrogens with zero attached hydrogens (tertiary/aromatic N) is 1. The van der Waals surface area contributed by atoms with Crippen molar-refractivity contribution in [3.05, 3.63) is 24.0 Å². The van der Waals surface area contributed by atoms with E-state index in [0.717, 1.165) is 18.9 Å². The third kappa shape index (κ3) is 3.65. The fourth-order valence-corrected chi connectivity index (χ4v) is 4.75. The maximum Gasteiger partial charge on any atom is 0.237 e. The second-order valence-electron chi connectivity index (χ2n) is 6.18. The van der Waals surface area contributed by atoms with Gasteiger partial charge >= 0.3 is 0 Å². The number of hydrogen-bond donors (Lipinski definition) is 1. The molecule has 2 unspecified atom stereocenters. The molecule has 0 saturated heterocycles. The molecular weight excluding hydrogens is 337 g/mol. The topological polar surface area (TPSA) is 76.1 Å². The maximum absolute atomic E-state index is 13.4. The summed E-state index contributed by atoms with van der Waals surface area (Å²) in [6.07, 6.45) is 0.897. The zero-order chi connectivity index (χ0) is 17.3. The molecule has 1 saturated carbocycles. The van der Waals surface area contributed by atoms with Gasteiger partial charge in [-0.15, -0.1) is 0 Å². The number of ether oxygens (including phenoxy) is 2. The van der Waals surface area contributed by atoms with Crippen molar-refractivity contribution in [1.29, 1.82) is 0 Å². The van der Waals surface area contributed by atoms with Crippen molar-refractivity contribution in [2.45, 2.75) is 32.0 Å². The first kappa shape index (κ1) is 17.4. The van der Waals surface area contributed by atoms with Crippen LogP contribution in [0.15, 0.2) is 18.2 Å². The zero-order valence-electron chi connectivity index (χ0n) is 13.5. The Labute approximate surface area is 141 Å². The lowest BCUT2D eigenvalue weighted by molar-refractivity contribution is 0.0629. The first-order chi connectivity index (χ1) is 11.4. The summed E-state index contributed by atoms with van der Waals surface area (Å²) >= 11 is 0. The molecule has 8 heteroatoms. The maximum atomic E-state index is 13.4. The quantitative estimate of drug-likeness (QED) is 0.799. The average Bonchev–Trinajstić information content (AvgIpc) is 3.37. The summed E-state index contributed by atoms with van der Waals surface area (Å²) in [7, 11) is -3.68. The Morgan fingerprint density at radius 2 is 2.21 bits per heavy atom. The molecule has 134 valence electrons. The second kappa shape index (κ2) is 6.85. The van der Waals surface area contributed by atoms with E-state index in [2.05, 4.69) is 0 Å². The summed E-state index contributed by atoms with van der Waals surface area (Å²) in [5.41, 5.74) is 0.298. The molecule has 24 heavy (non-hydrogen) atoms. The van der Waals surface area contributed by atoms with E-state index in [9.17, 15) is 17.9 Å². The first-order valence-electron chi connectivity index (χ1n) is 8.13. The summed E-state index contributed by atoms with van der Waals surface area (Å²) in [6.45, 7) is 1.96. The normalized spacial score (nSPS) is 22.0. The number of halogens is 1. The van der Waals surface area contributed by atoms with Crippen molar-refractivity contribution in [1.82, 2.24) is 0 Å². The largest absolute Gasteiger partial charge is 0.484 e. The minimum Gasteiger partial charge on any atom is -0.484 e. The van der Waals surface area contributed by atoms with Gasteiger partial charge in [-0.1, -0.05) is 0 Å². The van der Waals surface area contributed by atoms with Crippen LogP contribution < -0.4 is 9.04 Å².